The second-order valence-corrected chi connectivity index (χ2v) is 7.62. The number of nitrogens with one attached hydrogen (secondary N) is 1. The van der Waals surface area contributed by atoms with Crippen LogP contribution in [0.2, 0.25) is 5.02 Å². The van der Waals surface area contributed by atoms with Crippen LogP contribution in [-0.4, -0.2) is 25.8 Å². The molecular weight excluding hydrogens is 400 g/mol. The molecule has 0 atom stereocenters. The highest BCUT2D eigenvalue weighted by atomic mass is 35.5. The van der Waals surface area contributed by atoms with E-state index in [0.29, 0.717) is 34.3 Å². The van der Waals surface area contributed by atoms with Gasteiger partial charge < -0.3 is 9.47 Å². The second kappa shape index (κ2) is 12.9. The summed E-state index contributed by atoms with van der Waals surface area (Å²) in [5, 5.41) is 4.47. The number of rotatable bonds is 12. The monoisotopic (exact) mass is 430 g/mol. The molecule has 0 saturated heterocycles. The fourth-order valence-corrected chi connectivity index (χ4v) is 3.22. The van der Waals surface area contributed by atoms with E-state index in [-0.39, 0.29) is 5.91 Å². The van der Waals surface area contributed by atoms with Crippen molar-refractivity contribution in [3.63, 3.8) is 0 Å². The van der Waals surface area contributed by atoms with Crippen molar-refractivity contribution in [2.45, 2.75) is 52.4 Å². The molecule has 5 nitrogen and oxygen atoms in total. The Kier molecular flexibility index (Phi) is 10.2. The van der Waals surface area contributed by atoms with E-state index in [4.69, 9.17) is 21.1 Å². The molecular formula is C24H31ClN2O3. The van der Waals surface area contributed by atoms with Gasteiger partial charge in [-0.1, -0.05) is 68.3 Å². The zero-order chi connectivity index (χ0) is 21.8. The number of benzene rings is 2. The Bertz CT molecular complexity index is 835. The third-order valence-corrected chi connectivity index (χ3v) is 4.97. The molecule has 0 spiro atoms. The van der Waals surface area contributed by atoms with Crippen molar-refractivity contribution >= 4 is 23.7 Å². The smallest absolute Gasteiger partial charge is 0.271 e. The number of nitrogens with zero attached hydrogens (tertiary/aromatic N) is 1. The van der Waals surface area contributed by atoms with Crippen LogP contribution in [0.5, 0.6) is 11.5 Å². The normalized spacial score (nSPS) is 10.9. The highest BCUT2D eigenvalue weighted by molar-refractivity contribution is 6.32. The van der Waals surface area contributed by atoms with Crippen LogP contribution < -0.4 is 14.9 Å². The number of hydrogen-bond acceptors (Lipinski definition) is 4. The predicted octanol–water partition coefficient (Wildman–Crippen LogP) is 6.16. The summed E-state index contributed by atoms with van der Waals surface area (Å²) < 4.78 is 11.3. The van der Waals surface area contributed by atoms with Gasteiger partial charge in [0.25, 0.3) is 5.91 Å². The number of ether oxygens (including phenoxy) is 2. The van der Waals surface area contributed by atoms with Crippen LogP contribution >= 0.6 is 11.6 Å². The summed E-state index contributed by atoms with van der Waals surface area (Å²) in [6.45, 7) is 4.78. The summed E-state index contributed by atoms with van der Waals surface area (Å²) in [7, 11) is 1.57. The average molecular weight is 431 g/mol. The van der Waals surface area contributed by atoms with Crippen molar-refractivity contribution in [1.82, 2.24) is 5.43 Å². The fourth-order valence-electron chi connectivity index (χ4n) is 2.95. The second-order valence-electron chi connectivity index (χ2n) is 7.22. The van der Waals surface area contributed by atoms with Crippen LogP contribution in [0.25, 0.3) is 0 Å². The molecule has 0 bridgehead atoms. The van der Waals surface area contributed by atoms with Crippen molar-refractivity contribution in [3.05, 3.63) is 58.1 Å². The zero-order valence-electron chi connectivity index (χ0n) is 18.0. The van der Waals surface area contributed by atoms with E-state index in [9.17, 15) is 4.79 Å². The third kappa shape index (κ3) is 7.71. The maximum Gasteiger partial charge on any atom is 0.271 e. The van der Waals surface area contributed by atoms with E-state index >= 15 is 0 Å². The quantitative estimate of drug-likeness (QED) is 0.249. The van der Waals surface area contributed by atoms with E-state index < -0.39 is 0 Å². The summed E-state index contributed by atoms with van der Waals surface area (Å²) in [6.07, 6.45) is 8.69. The van der Waals surface area contributed by atoms with Crippen LogP contribution in [-0.2, 0) is 0 Å². The molecule has 2 aromatic rings. The minimum atomic E-state index is -0.275. The number of amides is 1. The molecule has 0 fully saturated rings. The highest BCUT2D eigenvalue weighted by Crippen LogP contribution is 2.36. The molecule has 0 saturated carbocycles. The number of carbonyl (C=O) groups is 1. The van der Waals surface area contributed by atoms with Crippen LogP contribution in [0.3, 0.4) is 0 Å². The Labute approximate surface area is 184 Å². The first-order chi connectivity index (χ1) is 14.5. The lowest BCUT2D eigenvalue weighted by Gasteiger charge is -2.13. The summed E-state index contributed by atoms with van der Waals surface area (Å²) in [5.41, 5.74) is 4.86. The van der Waals surface area contributed by atoms with Crippen molar-refractivity contribution in [2.75, 3.05) is 13.7 Å². The molecule has 0 aliphatic carbocycles. The maximum atomic E-state index is 12.1. The van der Waals surface area contributed by atoms with E-state index in [1.807, 2.05) is 19.1 Å². The van der Waals surface area contributed by atoms with Crippen LogP contribution in [0.4, 0.5) is 0 Å². The molecule has 162 valence electrons. The number of carbonyl (C=O) groups excluding carboxylic acids is 1. The van der Waals surface area contributed by atoms with Gasteiger partial charge in [-0.25, -0.2) is 5.43 Å². The van der Waals surface area contributed by atoms with Gasteiger partial charge >= 0.3 is 0 Å². The lowest BCUT2D eigenvalue weighted by molar-refractivity contribution is 0.0955. The molecule has 0 aliphatic rings. The maximum absolute atomic E-state index is 12.1. The minimum absolute atomic E-state index is 0.275. The molecule has 0 aliphatic heterocycles. The Balaban J connectivity index is 1.91. The summed E-state index contributed by atoms with van der Waals surface area (Å²) in [6, 6.07) is 10.8. The molecule has 30 heavy (non-hydrogen) atoms. The number of hydrazone groups is 1. The first kappa shape index (κ1) is 23.7. The minimum Gasteiger partial charge on any atom is -0.493 e. The Hall–Kier alpha value is -2.53. The molecule has 2 rings (SSSR count). The van der Waals surface area contributed by atoms with Crippen molar-refractivity contribution in [1.29, 1.82) is 0 Å². The first-order valence-corrected chi connectivity index (χ1v) is 10.8. The molecule has 0 radical (unpaired) electrons. The fraction of sp³-hybridized carbons (Fsp3) is 0.417. The van der Waals surface area contributed by atoms with Crippen molar-refractivity contribution in [2.24, 2.45) is 5.10 Å². The average Bonchev–Trinajstić information content (AvgIpc) is 2.74. The van der Waals surface area contributed by atoms with Gasteiger partial charge in [-0.2, -0.15) is 5.10 Å². The Morgan fingerprint density at radius 2 is 1.80 bits per heavy atom. The number of hydrogen-bond donors (Lipinski definition) is 1. The lowest BCUT2D eigenvalue weighted by Crippen LogP contribution is -2.17. The van der Waals surface area contributed by atoms with E-state index in [1.54, 1.807) is 31.4 Å². The van der Waals surface area contributed by atoms with Gasteiger partial charge in [0.15, 0.2) is 11.5 Å². The van der Waals surface area contributed by atoms with Crippen molar-refractivity contribution in [3.8, 4) is 11.5 Å². The molecule has 0 aromatic heterocycles. The molecule has 1 amide bonds. The Morgan fingerprint density at radius 3 is 2.50 bits per heavy atom. The number of halogens is 1. The third-order valence-electron chi connectivity index (χ3n) is 4.69. The number of unbranched alkanes of at least 4 members (excludes halogenated alkanes) is 5. The van der Waals surface area contributed by atoms with Crippen LogP contribution in [0.1, 0.15) is 66.9 Å². The van der Waals surface area contributed by atoms with Gasteiger partial charge in [0, 0.05) is 5.56 Å². The van der Waals surface area contributed by atoms with Gasteiger partial charge in [0.05, 0.1) is 25.0 Å². The lowest BCUT2D eigenvalue weighted by atomic mass is 10.1. The van der Waals surface area contributed by atoms with Gasteiger partial charge in [0.1, 0.15) is 0 Å². The van der Waals surface area contributed by atoms with Gasteiger partial charge in [0.2, 0.25) is 0 Å². The zero-order valence-corrected chi connectivity index (χ0v) is 18.8. The predicted molar refractivity (Wildman–Crippen MR) is 123 cm³/mol. The van der Waals surface area contributed by atoms with E-state index in [2.05, 4.69) is 17.5 Å². The van der Waals surface area contributed by atoms with Crippen LogP contribution in [0.15, 0.2) is 41.5 Å². The summed E-state index contributed by atoms with van der Waals surface area (Å²) in [5.74, 6) is 0.802. The molecule has 0 heterocycles. The molecule has 1 N–H and O–H groups in total. The number of methoxy groups -OCH3 is 1. The highest BCUT2D eigenvalue weighted by Gasteiger charge is 2.12. The van der Waals surface area contributed by atoms with Crippen molar-refractivity contribution < 1.29 is 14.3 Å². The SMILES string of the molecule is CCCCCCCCOc1c(Cl)cc(/C=N/NC(=O)c2ccc(C)cc2)cc1OC. The molecule has 6 heteroatoms. The van der Waals surface area contributed by atoms with Crippen LogP contribution in [0, 0.1) is 6.92 Å². The molecule has 2 aromatic carbocycles. The van der Waals surface area contributed by atoms with E-state index in [0.717, 1.165) is 18.4 Å². The summed E-state index contributed by atoms with van der Waals surface area (Å²) in [4.78, 5) is 12.1. The topological polar surface area (TPSA) is 59.9 Å². The van der Waals surface area contributed by atoms with Gasteiger partial charge in [-0.15, -0.1) is 0 Å². The standard InChI is InChI=1S/C24H31ClN2O3/c1-4-5-6-7-8-9-14-30-23-21(25)15-19(16-22(23)29-3)17-26-27-24(28)20-12-10-18(2)11-13-20/h10-13,15-17H,4-9,14H2,1-3H3,(H,27,28)/b26-17+. The first-order valence-electron chi connectivity index (χ1n) is 10.5. The van der Waals surface area contributed by atoms with E-state index in [1.165, 1.54) is 31.9 Å². The molecule has 0 unspecified atom stereocenters. The Morgan fingerprint density at radius 1 is 1.10 bits per heavy atom. The van der Waals surface area contributed by atoms with Gasteiger partial charge in [-0.3, -0.25) is 4.79 Å². The number of aryl methyl sites for hydroxylation is 1. The van der Waals surface area contributed by atoms with Gasteiger partial charge in [-0.05, 0) is 43.2 Å². The largest absolute Gasteiger partial charge is 0.493 e. The summed E-state index contributed by atoms with van der Waals surface area (Å²) >= 11 is 6.39.